The summed E-state index contributed by atoms with van der Waals surface area (Å²) in [5.41, 5.74) is 1.39. The van der Waals surface area contributed by atoms with Gasteiger partial charge < -0.3 is 9.31 Å². The molecule has 0 saturated carbocycles. The third kappa shape index (κ3) is 23.5. The van der Waals surface area contributed by atoms with Gasteiger partial charge in [-0.2, -0.15) is 0 Å². The molecule has 14 aromatic carbocycles. The van der Waals surface area contributed by atoms with Crippen LogP contribution >= 0.6 is 47.6 Å². The maximum absolute atomic E-state index is 14.0. The maximum atomic E-state index is 14.0. The molecular formula is C106H92BBrF2N4O6P4PdS2. The molecule has 0 atom stereocenters. The van der Waals surface area contributed by atoms with Crippen molar-refractivity contribution in [3.63, 3.8) is 0 Å². The summed E-state index contributed by atoms with van der Waals surface area (Å²) in [5.74, 6) is -1.09. The summed E-state index contributed by atoms with van der Waals surface area (Å²) in [5, 5.41) is 17.5. The molecule has 1 aliphatic heterocycles. The zero-order valence-corrected chi connectivity index (χ0v) is 78.9. The Kier molecular flexibility index (Phi) is 32.6. The third-order valence-corrected chi connectivity index (χ3v) is 34.7. The van der Waals surface area contributed by atoms with E-state index < -0.39 is 81.7 Å². The molecule has 21 heteroatoms. The Morgan fingerprint density at radius 3 is 0.724 bits per heavy atom. The van der Waals surface area contributed by atoms with Crippen LogP contribution in [0.15, 0.2) is 464 Å². The average Bonchev–Trinajstić information content (AvgIpc) is 1.58. The Morgan fingerprint density at radius 1 is 0.307 bits per heavy atom. The largest absolute Gasteiger partial charge is 0.497 e. The minimum Gasteiger partial charge on any atom is -0.399 e. The van der Waals surface area contributed by atoms with Crippen molar-refractivity contribution < 1.29 is 55.3 Å². The molecule has 4 aromatic heterocycles. The second-order valence-electron chi connectivity index (χ2n) is 30.3. The number of hydrogen-bond donors (Lipinski definition) is 0. The molecule has 0 N–H and O–H groups in total. The number of rotatable bonds is 17. The smallest absolute Gasteiger partial charge is 0.399 e. The topological polar surface area (TPSA) is 122 Å². The minimum atomic E-state index is -3.94. The fourth-order valence-electron chi connectivity index (χ4n) is 14.0. The van der Waals surface area contributed by atoms with Crippen LogP contribution in [-0.2, 0) is 49.8 Å². The summed E-state index contributed by atoms with van der Waals surface area (Å²) in [6, 6.07) is 145. The van der Waals surface area contributed by atoms with Gasteiger partial charge in [-0.05, 0) is 189 Å². The van der Waals surface area contributed by atoms with Crippen LogP contribution in [0, 0.1) is 25.5 Å². The van der Waals surface area contributed by atoms with Gasteiger partial charge in [0.15, 0.2) is 11.3 Å². The molecule has 638 valence electrons. The van der Waals surface area contributed by atoms with Crippen LogP contribution in [0.1, 0.15) is 38.8 Å². The first-order valence-corrected chi connectivity index (χ1v) is 50.0. The van der Waals surface area contributed by atoms with Gasteiger partial charge in [-0.1, -0.05) is 399 Å². The molecule has 0 amide bonds. The second kappa shape index (κ2) is 44.2. The molecule has 1 aliphatic rings. The number of halogens is 3. The summed E-state index contributed by atoms with van der Waals surface area (Å²) in [4.78, 5) is 8.22. The molecule has 19 rings (SSSR count). The predicted octanol–water partition coefficient (Wildman–Crippen LogP) is 20.3. The van der Waals surface area contributed by atoms with Crippen LogP contribution in [0.4, 0.5) is 8.78 Å². The van der Waals surface area contributed by atoms with Crippen LogP contribution in [0.2, 0.25) is 0 Å². The van der Waals surface area contributed by atoms with E-state index in [9.17, 15) is 25.6 Å². The third-order valence-electron chi connectivity index (χ3n) is 21.0. The van der Waals surface area contributed by atoms with Crippen molar-refractivity contribution in [1.29, 1.82) is 0 Å². The molecular weight excluding hydrogens is 1850 g/mol. The molecule has 1 saturated heterocycles. The summed E-state index contributed by atoms with van der Waals surface area (Å²) in [7, 11) is -10.3. The van der Waals surface area contributed by atoms with Gasteiger partial charge in [-0.3, -0.25) is 0 Å². The molecule has 0 aliphatic carbocycles. The minimum absolute atomic E-state index is 0. The van der Waals surface area contributed by atoms with Crippen molar-refractivity contribution in [3.8, 4) is 0 Å². The van der Waals surface area contributed by atoms with Crippen molar-refractivity contribution in [2.24, 2.45) is 0 Å². The molecule has 1 fully saturated rings. The van der Waals surface area contributed by atoms with Crippen molar-refractivity contribution in [1.82, 2.24) is 17.9 Å². The van der Waals surface area contributed by atoms with E-state index in [0.717, 1.165) is 31.5 Å². The first-order chi connectivity index (χ1) is 61.1. The van der Waals surface area contributed by atoms with E-state index in [4.69, 9.17) is 9.31 Å². The standard InChI is InChI=1S/C20H22BFN2O4S.4C18H15P.C14H10BrFN2O2S.Pd/c1-13-6-8-15(9-7-13)29(25,26)24-12-17(16-10-14(22)11-23-18(16)24)21-27-19(2,3)20(4,5)28-21;4*1-4-10-16(11-5-1)19(17-12-6-2-7-13-17)18-14-8-3-9-15-18;1-9-2-4-11(5-3-9)21(19,20)18-8-13(15)12-6-10(16)7-17-14(12)18;/h6-12H,1-5H3;4*1-15H;2-8H,1H3;. The molecule has 127 heavy (non-hydrogen) atoms. The fraction of sp³-hybridized carbons (Fsp3) is 0.0755. The number of pyridine rings is 2. The van der Waals surface area contributed by atoms with Crippen molar-refractivity contribution in [2.45, 2.75) is 62.5 Å². The van der Waals surface area contributed by atoms with Crippen molar-refractivity contribution >= 4 is 166 Å². The van der Waals surface area contributed by atoms with Gasteiger partial charge in [0.25, 0.3) is 20.0 Å². The predicted molar refractivity (Wildman–Crippen MR) is 531 cm³/mol. The monoisotopic (exact) mass is 1940 g/mol. The van der Waals surface area contributed by atoms with Gasteiger partial charge in [0.05, 0.1) is 33.4 Å². The van der Waals surface area contributed by atoms with E-state index in [2.05, 4.69) is 390 Å². The summed E-state index contributed by atoms with van der Waals surface area (Å²) in [6.07, 6.45) is 4.79. The van der Waals surface area contributed by atoms with Gasteiger partial charge in [0, 0.05) is 53.5 Å². The molecule has 10 nitrogen and oxygen atoms in total. The second-order valence-corrected chi connectivity index (χ2v) is 43.7. The Labute approximate surface area is 771 Å². The Balaban J connectivity index is 0.000000131. The molecule has 0 unspecified atom stereocenters. The first kappa shape index (κ1) is 93.7. The van der Waals surface area contributed by atoms with E-state index in [-0.39, 0.29) is 41.5 Å². The van der Waals surface area contributed by atoms with E-state index in [1.165, 1.54) is 112 Å². The molecule has 0 radical (unpaired) electrons. The zero-order chi connectivity index (χ0) is 88.1. The SMILES string of the molecule is Cc1ccc(S(=O)(=O)n2cc(B3OC(C)(C)C(C)(C)O3)c3cc(F)cnc32)cc1.Cc1ccc(S(=O)(=O)n2cc(Br)c3cc(F)cnc32)cc1.[Pd].c1ccc(P(c2ccccc2)c2ccccc2)cc1.c1ccc(P(c2ccccc2)c2ccccc2)cc1.c1ccc(P(c2ccccc2)c2ccccc2)cc1.c1ccc(P(c2ccccc2)c2ccccc2)cc1. The molecule has 0 bridgehead atoms. The number of aryl methyl sites for hydroxylation is 2. The molecule has 0 spiro atoms. The molecule has 5 heterocycles. The zero-order valence-electron chi connectivity index (χ0n) is 70.6. The average molecular weight is 1940 g/mol. The van der Waals surface area contributed by atoms with Gasteiger partial charge in [-0.25, -0.2) is 43.5 Å². The number of aromatic nitrogens is 4. The Bertz CT molecular complexity index is 5880. The van der Waals surface area contributed by atoms with E-state index in [1.807, 2.05) is 41.5 Å². The van der Waals surface area contributed by atoms with E-state index >= 15 is 0 Å². The number of nitrogens with zero attached hydrogens (tertiary/aromatic N) is 4. The van der Waals surface area contributed by atoms with Crippen LogP contribution in [0.25, 0.3) is 22.1 Å². The maximum Gasteiger partial charge on any atom is 0.497 e. The van der Waals surface area contributed by atoms with Crippen LogP contribution in [0.3, 0.4) is 0 Å². The van der Waals surface area contributed by atoms with E-state index in [1.54, 1.807) is 24.3 Å². The number of hydrogen-bond acceptors (Lipinski definition) is 8. The molecule has 18 aromatic rings. The number of benzene rings is 14. The first-order valence-electron chi connectivity index (χ1n) is 40.9. The van der Waals surface area contributed by atoms with Crippen LogP contribution < -0.4 is 69.1 Å². The van der Waals surface area contributed by atoms with Crippen molar-refractivity contribution in [3.05, 3.63) is 477 Å². The van der Waals surface area contributed by atoms with Gasteiger partial charge in [-0.15, -0.1) is 0 Å². The Hall–Kier alpha value is -10.9. The Morgan fingerprint density at radius 2 is 0.504 bits per heavy atom. The summed E-state index contributed by atoms with van der Waals surface area (Å²) >= 11 is 3.24. The van der Waals surface area contributed by atoms with Gasteiger partial charge in [0.1, 0.15) is 11.6 Å². The van der Waals surface area contributed by atoms with E-state index in [0.29, 0.717) is 20.7 Å². The van der Waals surface area contributed by atoms with Crippen LogP contribution in [0.5, 0.6) is 0 Å². The summed E-state index contributed by atoms with van der Waals surface area (Å²) in [6.45, 7) is 11.3. The fourth-order valence-corrected chi connectivity index (χ4v) is 26.5. The van der Waals surface area contributed by atoms with Gasteiger partial charge >= 0.3 is 7.12 Å². The van der Waals surface area contributed by atoms with Gasteiger partial charge in [0.2, 0.25) is 0 Å². The summed E-state index contributed by atoms with van der Waals surface area (Å²) < 4.78 is 93.8. The quantitative estimate of drug-likeness (QED) is 0.0652. The van der Waals surface area contributed by atoms with Crippen molar-refractivity contribution in [2.75, 3.05) is 0 Å². The van der Waals surface area contributed by atoms with Crippen LogP contribution in [-0.4, -0.2) is 53.1 Å². The normalized spacial score (nSPS) is 12.5. The number of fused-ring (bicyclic) bond motifs is 2.